The van der Waals surface area contributed by atoms with Crippen LogP contribution in [0.4, 0.5) is 0 Å². The van der Waals surface area contributed by atoms with E-state index in [9.17, 15) is 0 Å². The van der Waals surface area contributed by atoms with Crippen molar-refractivity contribution in [2.24, 2.45) is 4.99 Å². The Bertz CT molecular complexity index is 493. The molecule has 28 heavy (non-hydrogen) atoms. The lowest BCUT2D eigenvalue weighted by atomic mass is 9.80. The van der Waals surface area contributed by atoms with Gasteiger partial charge in [0.05, 0.1) is 26.4 Å². The standard InChI is InChI=1S/C21H41N5O2/c1-20(2,25-9-13-27-14-10-25)17-23-19(22-3)24-18-21(7-5-4-6-8-21)26-11-15-28-16-12-26/h4-18H2,1-3H3,(H2,22,23,24). The number of rotatable bonds is 6. The van der Waals surface area contributed by atoms with Gasteiger partial charge in [0, 0.05) is 57.4 Å². The minimum Gasteiger partial charge on any atom is -0.379 e. The van der Waals surface area contributed by atoms with Crippen LogP contribution in [0.15, 0.2) is 4.99 Å². The number of hydrogen-bond acceptors (Lipinski definition) is 5. The van der Waals surface area contributed by atoms with Gasteiger partial charge < -0.3 is 20.1 Å². The van der Waals surface area contributed by atoms with Crippen LogP contribution in [0, 0.1) is 0 Å². The molecule has 1 saturated carbocycles. The quantitative estimate of drug-likeness (QED) is 0.522. The summed E-state index contributed by atoms with van der Waals surface area (Å²) in [6.45, 7) is 13.9. The summed E-state index contributed by atoms with van der Waals surface area (Å²) in [6.07, 6.45) is 6.57. The van der Waals surface area contributed by atoms with E-state index in [1.165, 1.54) is 32.1 Å². The van der Waals surface area contributed by atoms with Gasteiger partial charge in [-0.15, -0.1) is 0 Å². The molecule has 162 valence electrons. The number of nitrogens with one attached hydrogen (secondary N) is 2. The van der Waals surface area contributed by atoms with E-state index in [0.717, 1.165) is 71.7 Å². The summed E-state index contributed by atoms with van der Waals surface area (Å²) in [6, 6.07) is 0. The van der Waals surface area contributed by atoms with E-state index in [0.29, 0.717) is 0 Å². The van der Waals surface area contributed by atoms with E-state index in [1.807, 2.05) is 7.05 Å². The second kappa shape index (κ2) is 10.2. The molecule has 0 bridgehead atoms. The molecular formula is C21H41N5O2. The maximum absolute atomic E-state index is 5.60. The Balaban J connectivity index is 1.54. The highest BCUT2D eigenvalue weighted by Gasteiger charge is 2.38. The Kier molecular flexibility index (Phi) is 7.97. The second-order valence-electron chi connectivity index (χ2n) is 9.08. The van der Waals surface area contributed by atoms with Crippen molar-refractivity contribution in [2.45, 2.75) is 57.0 Å². The fourth-order valence-corrected chi connectivity index (χ4v) is 4.90. The summed E-state index contributed by atoms with van der Waals surface area (Å²) in [5.74, 6) is 0.916. The van der Waals surface area contributed by atoms with Crippen molar-refractivity contribution in [1.29, 1.82) is 0 Å². The van der Waals surface area contributed by atoms with E-state index >= 15 is 0 Å². The highest BCUT2D eigenvalue weighted by atomic mass is 16.5. The molecule has 0 amide bonds. The number of morpholine rings is 2. The number of nitrogens with zero attached hydrogens (tertiary/aromatic N) is 3. The summed E-state index contributed by atoms with van der Waals surface area (Å²) >= 11 is 0. The van der Waals surface area contributed by atoms with Crippen LogP contribution >= 0.6 is 0 Å². The zero-order valence-corrected chi connectivity index (χ0v) is 18.3. The number of ether oxygens (including phenoxy) is 2. The Morgan fingerprint density at radius 3 is 2.14 bits per heavy atom. The smallest absolute Gasteiger partial charge is 0.191 e. The van der Waals surface area contributed by atoms with Gasteiger partial charge in [-0.25, -0.2) is 0 Å². The molecule has 3 fully saturated rings. The average molecular weight is 396 g/mol. The maximum atomic E-state index is 5.60. The monoisotopic (exact) mass is 395 g/mol. The number of hydrogen-bond donors (Lipinski definition) is 2. The van der Waals surface area contributed by atoms with Crippen molar-refractivity contribution in [2.75, 3.05) is 72.7 Å². The molecule has 2 aliphatic heterocycles. The highest BCUT2D eigenvalue weighted by molar-refractivity contribution is 5.79. The molecule has 0 unspecified atom stereocenters. The zero-order valence-electron chi connectivity index (χ0n) is 18.3. The van der Waals surface area contributed by atoms with Gasteiger partial charge in [-0.3, -0.25) is 14.8 Å². The molecule has 0 aromatic rings. The minimum atomic E-state index is 0.0775. The van der Waals surface area contributed by atoms with Gasteiger partial charge in [-0.1, -0.05) is 19.3 Å². The van der Waals surface area contributed by atoms with E-state index in [2.05, 4.69) is 39.3 Å². The van der Waals surface area contributed by atoms with Crippen LogP contribution in [0.5, 0.6) is 0 Å². The van der Waals surface area contributed by atoms with Crippen LogP contribution in [0.1, 0.15) is 46.0 Å². The molecule has 0 atom stereocenters. The summed E-state index contributed by atoms with van der Waals surface area (Å²) in [5.41, 5.74) is 0.327. The lowest BCUT2D eigenvalue weighted by molar-refractivity contribution is -0.0353. The van der Waals surface area contributed by atoms with Gasteiger partial charge >= 0.3 is 0 Å². The first kappa shape index (κ1) is 21.8. The van der Waals surface area contributed by atoms with Crippen molar-refractivity contribution in [1.82, 2.24) is 20.4 Å². The van der Waals surface area contributed by atoms with Gasteiger partial charge in [-0.2, -0.15) is 0 Å². The first-order chi connectivity index (χ1) is 13.6. The number of guanidine groups is 1. The molecule has 0 aromatic carbocycles. The third kappa shape index (κ3) is 5.59. The first-order valence-electron chi connectivity index (χ1n) is 11.2. The Morgan fingerprint density at radius 2 is 1.54 bits per heavy atom. The van der Waals surface area contributed by atoms with Gasteiger partial charge in [0.2, 0.25) is 0 Å². The van der Waals surface area contributed by atoms with Gasteiger partial charge in [0.1, 0.15) is 0 Å². The fourth-order valence-electron chi connectivity index (χ4n) is 4.90. The third-order valence-electron chi connectivity index (χ3n) is 6.83. The van der Waals surface area contributed by atoms with Gasteiger partial charge in [-0.05, 0) is 26.7 Å². The number of aliphatic imine (C=N–C) groups is 1. The molecule has 2 saturated heterocycles. The summed E-state index contributed by atoms with van der Waals surface area (Å²) < 4.78 is 11.1. The van der Waals surface area contributed by atoms with E-state index in [-0.39, 0.29) is 11.1 Å². The van der Waals surface area contributed by atoms with E-state index < -0.39 is 0 Å². The average Bonchev–Trinajstić information content (AvgIpc) is 2.76. The fraction of sp³-hybridized carbons (Fsp3) is 0.952. The largest absolute Gasteiger partial charge is 0.379 e. The lowest BCUT2D eigenvalue weighted by Crippen LogP contribution is -2.61. The summed E-state index contributed by atoms with van der Waals surface area (Å²) in [7, 11) is 1.87. The molecular weight excluding hydrogens is 354 g/mol. The minimum absolute atomic E-state index is 0.0775. The van der Waals surface area contributed by atoms with E-state index in [4.69, 9.17) is 9.47 Å². The molecule has 0 spiro atoms. The van der Waals surface area contributed by atoms with Crippen LogP contribution in [0.2, 0.25) is 0 Å². The summed E-state index contributed by atoms with van der Waals surface area (Å²) in [4.78, 5) is 9.69. The van der Waals surface area contributed by atoms with Crippen LogP contribution < -0.4 is 10.6 Å². The maximum Gasteiger partial charge on any atom is 0.191 e. The molecule has 3 rings (SSSR count). The van der Waals surface area contributed by atoms with Crippen molar-refractivity contribution in [3.05, 3.63) is 0 Å². The zero-order chi connectivity index (χ0) is 19.9. The van der Waals surface area contributed by atoms with Gasteiger partial charge in [0.15, 0.2) is 5.96 Å². The molecule has 3 aliphatic rings. The summed E-state index contributed by atoms with van der Waals surface area (Å²) in [5, 5.41) is 7.25. The highest BCUT2D eigenvalue weighted by Crippen LogP contribution is 2.33. The van der Waals surface area contributed by atoms with Crippen LogP contribution in [-0.4, -0.2) is 99.6 Å². The molecule has 7 nitrogen and oxygen atoms in total. The Morgan fingerprint density at radius 1 is 0.929 bits per heavy atom. The van der Waals surface area contributed by atoms with Crippen molar-refractivity contribution in [3.8, 4) is 0 Å². The van der Waals surface area contributed by atoms with Crippen molar-refractivity contribution >= 4 is 5.96 Å². The van der Waals surface area contributed by atoms with Crippen molar-refractivity contribution in [3.63, 3.8) is 0 Å². The van der Waals surface area contributed by atoms with Gasteiger partial charge in [0.25, 0.3) is 0 Å². The van der Waals surface area contributed by atoms with Crippen LogP contribution in [0.3, 0.4) is 0 Å². The van der Waals surface area contributed by atoms with E-state index in [1.54, 1.807) is 0 Å². The Hall–Kier alpha value is -0.890. The SMILES string of the molecule is CN=C(NCC(C)(C)N1CCOCC1)NCC1(N2CCOCC2)CCCCC1. The van der Waals surface area contributed by atoms with Crippen molar-refractivity contribution < 1.29 is 9.47 Å². The van der Waals surface area contributed by atoms with Crippen LogP contribution in [-0.2, 0) is 9.47 Å². The third-order valence-corrected chi connectivity index (χ3v) is 6.83. The predicted molar refractivity (Wildman–Crippen MR) is 114 cm³/mol. The molecule has 1 aliphatic carbocycles. The topological polar surface area (TPSA) is 61.4 Å². The van der Waals surface area contributed by atoms with Crippen LogP contribution in [0.25, 0.3) is 0 Å². The second-order valence-corrected chi connectivity index (χ2v) is 9.08. The predicted octanol–water partition coefficient (Wildman–Crippen LogP) is 1.30. The first-order valence-corrected chi connectivity index (χ1v) is 11.2. The molecule has 2 heterocycles. The lowest BCUT2D eigenvalue weighted by Gasteiger charge is -2.48. The molecule has 0 aromatic heterocycles. The molecule has 2 N–H and O–H groups in total. The molecule has 0 radical (unpaired) electrons. The molecule has 7 heteroatoms. The normalized spacial score (nSPS) is 25.5. The Labute approximate surface area is 171 Å².